The van der Waals surface area contributed by atoms with Crippen LogP contribution in [0, 0.1) is 5.92 Å². The molecule has 0 aromatic rings. The summed E-state index contributed by atoms with van der Waals surface area (Å²) in [5, 5.41) is 8.51. The smallest absolute Gasteiger partial charge is 0.304 e. The number of aliphatic carboxylic acids is 1. The second kappa shape index (κ2) is 7.80. The third-order valence-corrected chi connectivity index (χ3v) is 2.52. The van der Waals surface area contributed by atoms with Gasteiger partial charge in [-0.1, -0.05) is 33.1 Å². The van der Waals surface area contributed by atoms with Crippen molar-refractivity contribution in [3.05, 3.63) is 0 Å². The molecule has 0 aliphatic carbocycles. The van der Waals surface area contributed by atoms with E-state index in [1.165, 1.54) is 19.3 Å². The Morgan fingerprint density at radius 1 is 1.36 bits per heavy atom. The van der Waals surface area contributed by atoms with Crippen LogP contribution >= 0.6 is 0 Å². The van der Waals surface area contributed by atoms with Crippen LogP contribution in [0.3, 0.4) is 0 Å². The summed E-state index contributed by atoms with van der Waals surface area (Å²) in [6, 6.07) is -0.170. The molecule has 0 aliphatic heterocycles. The van der Waals surface area contributed by atoms with Crippen molar-refractivity contribution in [3.63, 3.8) is 0 Å². The fourth-order valence-electron chi connectivity index (χ4n) is 1.52. The number of carbonyl (C=O) groups is 1. The minimum Gasteiger partial charge on any atom is -0.481 e. The third-order valence-electron chi connectivity index (χ3n) is 2.52. The molecule has 0 aromatic carbocycles. The van der Waals surface area contributed by atoms with Crippen molar-refractivity contribution < 1.29 is 9.90 Å². The maximum atomic E-state index is 10.3. The van der Waals surface area contributed by atoms with Gasteiger partial charge in [0, 0.05) is 6.04 Å². The highest BCUT2D eigenvalue weighted by molar-refractivity contribution is 5.67. The summed E-state index contributed by atoms with van der Waals surface area (Å²) >= 11 is 0. The highest BCUT2D eigenvalue weighted by atomic mass is 16.4. The molecular formula is C11H23NO2. The summed E-state index contributed by atoms with van der Waals surface area (Å²) in [5.41, 5.74) is 5.67. The largest absolute Gasteiger partial charge is 0.481 e. The molecule has 0 saturated heterocycles. The Kier molecular flexibility index (Phi) is 7.48. The highest BCUT2D eigenvalue weighted by Crippen LogP contribution is 2.15. The Morgan fingerprint density at radius 2 is 2.00 bits per heavy atom. The lowest BCUT2D eigenvalue weighted by Crippen LogP contribution is -2.24. The minimum atomic E-state index is -0.793. The first-order valence-corrected chi connectivity index (χ1v) is 5.53. The second-order valence-electron chi connectivity index (χ2n) is 4.18. The van der Waals surface area contributed by atoms with Gasteiger partial charge in [0.2, 0.25) is 0 Å². The van der Waals surface area contributed by atoms with Gasteiger partial charge in [-0.05, 0) is 18.8 Å². The summed E-state index contributed by atoms with van der Waals surface area (Å²) in [6.45, 7) is 4.39. The van der Waals surface area contributed by atoms with Gasteiger partial charge in [-0.2, -0.15) is 0 Å². The Balaban J connectivity index is 3.45. The lowest BCUT2D eigenvalue weighted by atomic mass is 9.96. The van der Waals surface area contributed by atoms with Crippen LogP contribution < -0.4 is 5.73 Å². The van der Waals surface area contributed by atoms with Crippen molar-refractivity contribution in [2.24, 2.45) is 11.7 Å². The third kappa shape index (κ3) is 8.05. The van der Waals surface area contributed by atoms with Crippen LogP contribution in [0.4, 0.5) is 0 Å². The van der Waals surface area contributed by atoms with Crippen molar-refractivity contribution in [2.45, 2.75) is 58.4 Å². The van der Waals surface area contributed by atoms with Crippen LogP contribution in [-0.4, -0.2) is 17.1 Å². The number of rotatable bonds is 8. The van der Waals surface area contributed by atoms with Gasteiger partial charge < -0.3 is 10.8 Å². The number of nitrogens with two attached hydrogens (primary N) is 1. The van der Waals surface area contributed by atoms with Gasteiger partial charge in [0.1, 0.15) is 0 Å². The lowest BCUT2D eigenvalue weighted by molar-refractivity contribution is -0.137. The van der Waals surface area contributed by atoms with E-state index >= 15 is 0 Å². The molecule has 0 aliphatic rings. The molecule has 3 heteroatoms. The summed E-state index contributed by atoms with van der Waals surface area (Å²) in [4.78, 5) is 10.3. The van der Waals surface area contributed by atoms with Crippen molar-refractivity contribution in [1.82, 2.24) is 0 Å². The molecule has 0 saturated carbocycles. The first-order chi connectivity index (χ1) is 6.56. The molecule has 0 rings (SSSR count). The molecule has 3 nitrogen and oxygen atoms in total. The van der Waals surface area contributed by atoms with Crippen LogP contribution in [0.2, 0.25) is 0 Å². The Morgan fingerprint density at radius 3 is 2.50 bits per heavy atom. The molecule has 3 N–H and O–H groups in total. The average molecular weight is 201 g/mol. The molecule has 0 amide bonds. The summed E-state index contributed by atoms with van der Waals surface area (Å²) in [6.07, 6.45) is 5.70. The molecule has 14 heavy (non-hydrogen) atoms. The number of hydrogen-bond acceptors (Lipinski definition) is 2. The number of carboxylic acids is 1. The van der Waals surface area contributed by atoms with Crippen LogP contribution in [0.15, 0.2) is 0 Å². The minimum absolute atomic E-state index is 0.0977. The van der Waals surface area contributed by atoms with Gasteiger partial charge in [0.15, 0.2) is 0 Å². The van der Waals surface area contributed by atoms with E-state index in [9.17, 15) is 4.79 Å². The van der Waals surface area contributed by atoms with Crippen LogP contribution in [-0.2, 0) is 4.79 Å². The quantitative estimate of drug-likeness (QED) is 0.633. The van der Waals surface area contributed by atoms with E-state index in [-0.39, 0.29) is 12.5 Å². The molecule has 2 atom stereocenters. The second-order valence-corrected chi connectivity index (χ2v) is 4.18. The number of hydrogen-bond donors (Lipinski definition) is 2. The average Bonchev–Trinajstić information content (AvgIpc) is 2.10. The molecule has 0 spiro atoms. The van der Waals surface area contributed by atoms with E-state index in [0.717, 1.165) is 12.8 Å². The monoisotopic (exact) mass is 201 g/mol. The molecule has 0 aromatic heterocycles. The molecule has 84 valence electrons. The summed E-state index contributed by atoms with van der Waals surface area (Å²) < 4.78 is 0. The topological polar surface area (TPSA) is 63.3 Å². The summed E-state index contributed by atoms with van der Waals surface area (Å²) in [7, 11) is 0. The molecule has 0 unspecified atom stereocenters. The Hall–Kier alpha value is -0.570. The van der Waals surface area contributed by atoms with E-state index in [1.807, 2.05) is 0 Å². The van der Waals surface area contributed by atoms with Gasteiger partial charge in [-0.25, -0.2) is 0 Å². The van der Waals surface area contributed by atoms with Crippen molar-refractivity contribution in [3.8, 4) is 0 Å². The predicted octanol–water partition coefficient (Wildman–Crippen LogP) is 2.39. The molecule has 0 heterocycles. The molecular weight excluding hydrogens is 178 g/mol. The van der Waals surface area contributed by atoms with Crippen LogP contribution in [0.25, 0.3) is 0 Å². The standard InChI is InChI=1S/C11H23NO2/c1-3-4-5-9(2)6-7-10(12)8-11(13)14/h9-10H,3-8,12H2,1-2H3,(H,13,14)/t9-,10-/m0/s1. The molecule has 0 bridgehead atoms. The van der Waals surface area contributed by atoms with Crippen LogP contribution in [0.1, 0.15) is 52.4 Å². The zero-order valence-electron chi connectivity index (χ0n) is 9.33. The van der Waals surface area contributed by atoms with Gasteiger partial charge in [-0.15, -0.1) is 0 Å². The van der Waals surface area contributed by atoms with Crippen molar-refractivity contribution in [2.75, 3.05) is 0 Å². The van der Waals surface area contributed by atoms with Gasteiger partial charge >= 0.3 is 5.97 Å². The van der Waals surface area contributed by atoms with Crippen molar-refractivity contribution in [1.29, 1.82) is 0 Å². The van der Waals surface area contributed by atoms with E-state index in [0.29, 0.717) is 5.92 Å². The fraction of sp³-hybridized carbons (Fsp3) is 0.909. The SMILES string of the molecule is CCCC[C@H](C)CC[C@H](N)CC(=O)O. The van der Waals surface area contributed by atoms with Gasteiger partial charge in [0.05, 0.1) is 6.42 Å². The van der Waals surface area contributed by atoms with E-state index in [4.69, 9.17) is 10.8 Å². The maximum absolute atomic E-state index is 10.3. The normalized spacial score (nSPS) is 15.1. The zero-order chi connectivity index (χ0) is 11.0. The van der Waals surface area contributed by atoms with E-state index in [1.54, 1.807) is 0 Å². The molecule has 0 fully saturated rings. The van der Waals surface area contributed by atoms with Crippen LogP contribution in [0.5, 0.6) is 0 Å². The lowest BCUT2D eigenvalue weighted by Gasteiger charge is -2.13. The van der Waals surface area contributed by atoms with Gasteiger partial charge in [-0.3, -0.25) is 4.79 Å². The molecule has 0 radical (unpaired) electrons. The first kappa shape index (κ1) is 13.4. The Labute approximate surface area is 86.7 Å². The van der Waals surface area contributed by atoms with Crippen molar-refractivity contribution >= 4 is 5.97 Å². The fourth-order valence-corrected chi connectivity index (χ4v) is 1.52. The predicted molar refractivity (Wildman–Crippen MR) is 58.2 cm³/mol. The van der Waals surface area contributed by atoms with E-state index < -0.39 is 5.97 Å². The van der Waals surface area contributed by atoms with E-state index in [2.05, 4.69) is 13.8 Å². The zero-order valence-corrected chi connectivity index (χ0v) is 9.33. The number of unbranched alkanes of at least 4 members (excludes halogenated alkanes) is 1. The first-order valence-electron chi connectivity index (χ1n) is 5.53. The number of carboxylic acid groups (broad SMARTS) is 1. The highest BCUT2D eigenvalue weighted by Gasteiger charge is 2.09. The maximum Gasteiger partial charge on any atom is 0.304 e. The van der Waals surface area contributed by atoms with Gasteiger partial charge in [0.25, 0.3) is 0 Å². The summed E-state index contributed by atoms with van der Waals surface area (Å²) in [5.74, 6) is -0.117. The Bertz CT molecular complexity index is 159.